The Bertz CT molecular complexity index is 3420. The Kier molecular flexibility index (Phi) is 9.02. The van der Waals surface area contributed by atoms with Crippen LogP contribution in [0.3, 0.4) is 0 Å². The number of carbonyl (C=O) groups excluding carboxylic acids is 2. The van der Waals surface area contributed by atoms with Crippen LogP contribution in [0, 0.1) is 0 Å². The van der Waals surface area contributed by atoms with Gasteiger partial charge in [-0.3, -0.25) is 9.59 Å². The molecule has 3 N–H and O–H groups in total. The van der Waals surface area contributed by atoms with Crippen LogP contribution >= 0.6 is 12.4 Å². The highest BCUT2D eigenvalue weighted by Crippen LogP contribution is 2.42. The number of para-hydroxylation sites is 2. The first kappa shape index (κ1) is 33.7. The lowest BCUT2D eigenvalue weighted by Gasteiger charge is -2.31. The van der Waals surface area contributed by atoms with Crippen LogP contribution in [-0.4, -0.2) is 85.4 Å². The maximum Gasteiger partial charge on any atom is 0.343 e. The molecule has 4 aliphatic rings. The standard InChI is InChI=1S/C26H29N3O6S.C25H27N3O4.ClH.15H2/c1-5-26(32)20-12-22-23-18(13-28(22)24(30)19(20)14-35-25(26)31)16(17-8-6-7-9-21(17)27-23)10-11-29(15(2)3)36(4,33)34;1-4-25(31)19-11-21-22-17(12-28(21)23(29)18(19)13-32-24(25)30)15(9-10-26-14(2)3)16-7-5-6-8-20(16)27-22;;;;;;;;;;;;;;;;/h6-9,12,15,32H,5,10-11,13-14H2,1-4H3;5-8,11,14,26,31H,4,9-10,12-13H2,1-3H3;16*1H/t26-;25-;;;;;;;;;;;;;;;;/m00................/s1/i;;;15*1+2T. The van der Waals surface area contributed by atoms with Crippen molar-refractivity contribution in [3.63, 3.8) is 0 Å². The second-order valence-corrected chi connectivity index (χ2v) is 20.6. The van der Waals surface area contributed by atoms with E-state index in [-0.39, 0.29) is 79.8 Å². The van der Waals surface area contributed by atoms with Crippen molar-refractivity contribution in [3.05, 3.63) is 126 Å². The van der Waals surface area contributed by atoms with Crippen molar-refractivity contribution in [1.82, 2.24) is 28.7 Å². The molecule has 0 aliphatic carbocycles. The first-order valence-electron chi connectivity index (χ1n) is 38.2. The van der Waals surface area contributed by atoms with Crippen molar-refractivity contribution in [2.45, 2.75) is 117 Å². The smallest absolute Gasteiger partial charge is 0.343 e. The van der Waals surface area contributed by atoms with Crippen LogP contribution in [0.1, 0.15) is 143 Å². The molecule has 0 radical (unpaired) electrons. The number of hydrogen-bond acceptors (Lipinski definition) is 13. The molecule has 4 aromatic heterocycles. The molecule has 0 unspecified atom stereocenters. The lowest BCUT2D eigenvalue weighted by atomic mass is 9.86. The number of aliphatic hydroxyl groups is 2. The molecule has 0 bridgehead atoms. The summed E-state index contributed by atoms with van der Waals surface area (Å²) in [6.45, 7) is 12.8. The van der Waals surface area contributed by atoms with Gasteiger partial charge in [0.25, 0.3) is 11.1 Å². The molecule has 0 saturated carbocycles. The van der Waals surface area contributed by atoms with Crippen LogP contribution < -0.4 is 16.4 Å². The van der Waals surface area contributed by atoms with Crippen molar-refractivity contribution in [3.8, 4) is 22.8 Å². The number of nitrogens with one attached hydrogen (secondary N) is 1. The third-order valence-corrected chi connectivity index (χ3v) is 15.4. The Labute approximate surface area is 452 Å². The average molecular weight is 1070 g/mol. The predicted molar refractivity (Wildman–Crippen MR) is 295 cm³/mol. The van der Waals surface area contributed by atoms with Gasteiger partial charge in [0.2, 0.25) is 10.0 Å². The van der Waals surface area contributed by atoms with Gasteiger partial charge in [0, 0.05) is 96.2 Å². The Balaban J connectivity index is -0.000000201. The monoisotopic (exact) mass is 1070 g/mol. The Morgan fingerprint density at radius 2 is 1.17 bits per heavy atom. The number of ether oxygens (including phenoxy) is 2. The molecule has 69 heavy (non-hydrogen) atoms. The fourth-order valence-electron chi connectivity index (χ4n) is 10.3. The van der Waals surface area contributed by atoms with Gasteiger partial charge < -0.3 is 34.1 Å². The van der Waals surface area contributed by atoms with Gasteiger partial charge in [0.05, 0.1) is 64.3 Å². The lowest BCUT2D eigenvalue weighted by molar-refractivity contribution is -0.172. The first-order chi connectivity index (χ1) is 47.3. The molecule has 394 valence electrons. The van der Waals surface area contributed by atoms with Gasteiger partial charge in [-0.2, -0.15) is 4.31 Å². The van der Waals surface area contributed by atoms with Crippen LogP contribution in [-0.2, 0) is 79.4 Å². The van der Waals surface area contributed by atoms with Crippen molar-refractivity contribution >= 4 is 56.2 Å². The van der Waals surface area contributed by atoms with Gasteiger partial charge in [0.15, 0.2) is 11.2 Å². The number of carbonyl (C=O) groups is 2. The van der Waals surface area contributed by atoms with Crippen LogP contribution in [0.15, 0.2) is 70.3 Å². The molecule has 0 spiro atoms. The van der Waals surface area contributed by atoms with E-state index in [1.807, 2.05) is 56.3 Å². The molecule has 18 heteroatoms. The molecule has 4 aliphatic heterocycles. The minimum absolute atomic E-state index is 0. The normalized spacial score (nSPS) is 20.5. The summed E-state index contributed by atoms with van der Waals surface area (Å²) in [6.07, 6.45) is 2.67. The number of pyridine rings is 4. The van der Waals surface area contributed by atoms with Crippen LogP contribution in [0.5, 0.6) is 0 Å². The molecular weight excluding hydrogens is 924 g/mol. The van der Waals surface area contributed by atoms with E-state index in [4.69, 9.17) is 64.0 Å². The minimum atomic E-state index is -3.41. The summed E-state index contributed by atoms with van der Waals surface area (Å²) < 4.78 is 190. The molecule has 0 amide bonds. The highest BCUT2D eigenvalue weighted by molar-refractivity contribution is 7.88. The quantitative estimate of drug-likeness (QED) is 0.103. The number of fused-ring (bicyclic) bond motifs is 10. The molecule has 10 rings (SSSR count). The highest BCUT2D eigenvalue weighted by Gasteiger charge is 2.47. The van der Waals surface area contributed by atoms with Crippen molar-refractivity contribution in [2.75, 3.05) is 19.3 Å². The maximum absolute atomic E-state index is 13.5. The SMILES string of the molecule is CC[C@@]1(O)C(=O)OCc2c1cc1n(c2=O)Cc2c-1nc1ccccc1c2CCN(C(C)C)S(C)(=O)=O.CC[C@@]1(O)C(=O)OCc2c1cc1n(c2=O)Cc2c-1nc1ccccc1c2CCNC(C)C.Cl.[3H][3H].[3H][3H].[3H][3H].[3H][3H].[3H][3H].[3H][3H].[3H][3H].[3H][3H].[3H][3H].[3H][3H].[3H][3H].[3H][3H].[3H][3H].[3H][3H].[3H][3H]. The summed E-state index contributed by atoms with van der Waals surface area (Å²) in [6, 6.07) is 19.3. The number of aromatic nitrogens is 4. The zero-order valence-corrected chi connectivity index (χ0v) is 41.3. The summed E-state index contributed by atoms with van der Waals surface area (Å²) in [4.78, 5) is 61.5. The van der Waals surface area contributed by atoms with Crippen LogP contribution in [0.25, 0.3) is 44.6 Å². The van der Waals surface area contributed by atoms with E-state index in [2.05, 4.69) is 25.2 Å². The third-order valence-electron chi connectivity index (χ3n) is 13.9. The number of nitrogens with zero attached hydrogens (tertiary/aromatic N) is 5. The van der Waals surface area contributed by atoms with Gasteiger partial charge in [0.1, 0.15) is 13.2 Å². The number of hydrogen-bond donors (Lipinski definition) is 3. The van der Waals surface area contributed by atoms with Gasteiger partial charge in [-0.25, -0.2) is 28.0 Å². The Morgan fingerprint density at radius 3 is 1.58 bits per heavy atom. The molecule has 2 aromatic carbocycles. The molecule has 0 saturated heterocycles. The molecule has 16 nitrogen and oxygen atoms in total. The van der Waals surface area contributed by atoms with Gasteiger partial charge in [-0.1, -0.05) is 64.1 Å². The molecule has 2 atom stereocenters. The molecule has 0 fully saturated rings. The van der Waals surface area contributed by atoms with E-state index in [0.717, 1.165) is 57.2 Å². The number of cyclic esters (lactones) is 2. The second kappa shape index (κ2) is 18.5. The number of halogens is 1. The topological polar surface area (TPSA) is 212 Å². The van der Waals surface area contributed by atoms with E-state index in [9.17, 15) is 37.8 Å². The van der Waals surface area contributed by atoms with Crippen LogP contribution in [0.4, 0.5) is 0 Å². The van der Waals surface area contributed by atoms with E-state index in [1.54, 1.807) is 35.1 Å². The lowest BCUT2D eigenvalue weighted by Crippen LogP contribution is -2.44. The molecular formula is C51H87ClN6O10S. The average Bonchev–Trinajstić information content (AvgIpc) is 1.62. The zero-order chi connectivity index (χ0) is 78.6. The summed E-state index contributed by atoms with van der Waals surface area (Å²) in [5.41, 5.74) is 5.09. The van der Waals surface area contributed by atoms with E-state index in [0.29, 0.717) is 47.2 Å². The Hall–Kier alpha value is -5.82. The number of rotatable bonds is 11. The second-order valence-electron chi connectivity index (χ2n) is 18.7. The predicted octanol–water partition coefficient (Wildman–Crippen LogP) is 9.02. The van der Waals surface area contributed by atoms with Crippen molar-refractivity contribution in [2.24, 2.45) is 0 Å². The number of benzene rings is 2. The van der Waals surface area contributed by atoms with Crippen molar-refractivity contribution in [1.29, 1.82) is 0 Å². The third kappa shape index (κ3) is 8.25. The summed E-state index contributed by atoms with van der Waals surface area (Å²) in [5, 5.41) is 27.6. The minimum Gasteiger partial charge on any atom is -0.458 e. The summed E-state index contributed by atoms with van der Waals surface area (Å²) in [5.74, 6) is -1.47. The van der Waals surface area contributed by atoms with E-state index in [1.165, 1.54) is 16.1 Å². The van der Waals surface area contributed by atoms with Gasteiger partial charge in [-0.15, -0.1) is 12.4 Å². The molecule has 8 heterocycles. The number of sulfonamides is 1. The fraction of sp³-hybridized carbons (Fsp3) is 0.412. The molecule has 6 aromatic rings. The van der Waals surface area contributed by atoms with E-state index < -0.39 is 33.2 Å². The fourth-order valence-corrected chi connectivity index (χ4v) is 11.5. The van der Waals surface area contributed by atoms with Crippen molar-refractivity contribution < 1.29 is 82.2 Å². The maximum atomic E-state index is 13.5. The van der Waals surface area contributed by atoms with E-state index >= 15 is 0 Å². The Morgan fingerprint density at radius 1 is 0.739 bits per heavy atom. The van der Waals surface area contributed by atoms with Gasteiger partial charge >= 0.3 is 11.9 Å². The number of esters is 2. The zero-order valence-electron chi connectivity index (χ0n) is 69.7. The van der Waals surface area contributed by atoms with Gasteiger partial charge in [-0.05, 0) is 81.5 Å². The first-order valence-corrected chi connectivity index (χ1v) is 25.0. The summed E-state index contributed by atoms with van der Waals surface area (Å²) in [7, 11) is -3.41. The largest absolute Gasteiger partial charge is 0.458 e. The summed E-state index contributed by atoms with van der Waals surface area (Å²) >= 11 is 0. The van der Waals surface area contributed by atoms with Crippen LogP contribution in [0.2, 0.25) is 0 Å². The highest BCUT2D eigenvalue weighted by atomic mass is 35.5.